The Morgan fingerprint density at radius 2 is 2.06 bits per heavy atom. The molecule has 0 amide bonds. The van der Waals surface area contributed by atoms with Crippen LogP contribution in [0.25, 0.3) is 0 Å². The van der Waals surface area contributed by atoms with Gasteiger partial charge in [0.05, 0.1) is 12.7 Å². The zero-order chi connectivity index (χ0) is 13.3. The highest BCUT2D eigenvalue weighted by Gasteiger charge is 2.49. The summed E-state index contributed by atoms with van der Waals surface area (Å²) in [6.45, 7) is 0.485. The van der Waals surface area contributed by atoms with Crippen molar-refractivity contribution in [3.05, 3.63) is 29.3 Å². The van der Waals surface area contributed by atoms with Crippen molar-refractivity contribution >= 4 is 5.78 Å². The molecule has 0 aliphatic heterocycles. The quantitative estimate of drug-likeness (QED) is 0.819. The molecule has 1 aromatic carbocycles. The van der Waals surface area contributed by atoms with Crippen molar-refractivity contribution in [1.82, 2.24) is 5.32 Å². The Labute approximate surface area is 104 Å². The van der Waals surface area contributed by atoms with E-state index in [0.717, 1.165) is 12.1 Å². The van der Waals surface area contributed by atoms with E-state index in [1.54, 1.807) is 7.05 Å². The van der Waals surface area contributed by atoms with Crippen LogP contribution in [0.15, 0.2) is 12.1 Å². The minimum Gasteiger partial charge on any atom is -0.494 e. The molecular weight excluding hydrogens is 240 g/mol. The molecule has 1 aliphatic carbocycles. The third-order valence-corrected chi connectivity index (χ3v) is 3.34. The Hall–Kier alpha value is -1.49. The Balaban J connectivity index is 2.34. The summed E-state index contributed by atoms with van der Waals surface area (Å²) in [7, 11) is 2.99. The fourth-order valence-corrected chi connectivity index (χ4v) is 2.12. The van der Waals surface area contributed by atoms with Crippen LogP contribution in [-0.2, 0) is 0 Å². The van der Waals surface area contributed by atoms with Gasteiger partial charge in [-0.05, 0) is 26.0 Å². The molecule has 18 heavy (non-hydrogen) atoms. The standard InChI is InChI=1S/C13H15F2NO2/c1-16-7-13(3-4-13)12(17)8-5-10(15)11(18-2)6-9(8)14/h5-6,16H,3-4,7H2,1-2H3. The second-order valence-corrected chi connectivity index (χ2v) is 4.61. The number of nitrogens with one attached hydrogen (secondary N) is 1. The van der Waals surface area contributed by atoms with E-state index in [1.807, 2.05) is 0 Å². The number of halogens is 2. The Kier molecular flexibility index (Phi) is 3.34. The van der Waals surface area contributed by atoms with E-state index in [0.29, 0.717) is 19.4 Å². The van der Waals surface area contributed by atoms with E-state index in [9.17, 15) is 13.6 Å². The summed E-state index contributed by atoms with van der Waals surface area (Å²) >= 11 is 0. The number of ether oxygens (including phenoxy) is 1. The fraction of sp³-hybridized carbons (Fsp3) is 0.462. The van der Waals surface area contributed by atoms with Gasteiger partial charge in [0.1, 0.15) is 5.82 Å². The maximum Gasteiger partial charge on any atom is 0.173 e. The Bertz CT molecular complexity index is 484. The molecule has 3 nitrogen and oxygen atoms in total. The van der Waals surface area contributed by atoms with Crippen LogP contribution < -0.4 is 10.1 Å². The number of hydrogen-bond donors (Lipinski definition) is 1. The number of carbonyl (C=O) groups is 1. The van der Waals surface area contributed by atoms with Crippen LogP contribution in [0.1, 0.15) is 23.2 Å². The van der Waals surface area contributed by atoms with Gasteiger partial charge in [-0.15, -0.1) is 0 Å². The predicted octanol–water partition coefficient (Wildman–Crippen LogP) is 2.16. The fourth-order valence-electron chi connectivity index (χ4n) is 2.12. The lowest BCUT2D eigenvalue weighted by atomic mass is 9.94. The van der Waals surface area contributed by atoms with Crippen LogP contribution in [0.2, 0.25) is 0 Å². The molecule has 0 radical (unpaired) electrons. The van der Waals surface area contributed by atoms with Gasteiger partial charge in [-0.1, -0.05) is 0 Å². The number of methoxy groups -OCH3 is 1. The van der Waals surface area contributed by atoms with E-state index in [2.05, 4.69) is 10.1 Å². The topological polar surface area (TPSA) is 38.3 Å². The van der Waals surface area contributed by atoms with Crippen LogP contribution >= 0.6 is 0 Å². The summed E-state index contributed by atoms with van der Waals surface area (Å²) in [5, 5.41) is 2.92. The van der Waals surface area contributed by atoms with Gasteiger partial charge in [-0.2, -0.15) is 0 Å². The van der Waals surface area contributed by atoms with E-state index >= 15 is 0 Å². The summed E-state index contributed by atoms with van der Waals surface area (Å²) in [4.78, 5) is 12.2. The molecule has 1 fully saturated rings. The van der Waals surface area contributed by atoms with Crippen LogP contribution in [-0.4, -0.2) is 26.5 Å². The zero-order valence-corrected chi connectivity index (χ0v) is 10.3. The van der Waals surface area contributed by atoms with Gasteiger partial charge in [0.2, 0.25) is 0 Å². The molecule has 98 valence electrons. The SMILES string of the molecule is CNCC1(C(=O)c2cc(F)c(OC)cc2F)CC1. The molecule has 0 saturated heterocycles. The minimum absolute atomic E-state index is 0.192. The summed E-state index contributed by atoms with van der Waals surface area (Å²) in [5.41, 5.74) is -0.752. The highest BCUT2D eigenvalue weighted by atomic mass is 19.1. The van der Waals surface area contributed by atoms with Gasteiger partial charge < -0.3 is 10.1 Å². The number of ketones is 1. The summed E-state index contributed by atoms with van der Waals surface area (Å²) in [5.74, 6) is -1.98. The molecule has 5 heteroatoms. The van der Waals surface area contributed by atoms with Gasteiger partial charge >= 0.3 is 0 Å². The van der Waals surface area contributed by atoms with Gasteiger partial charge in [0.15, 0.2) is 17.3 Å². The number of benzene rings is 1. The second kappa shape index (κ2) is 4.65. The number of rotatable bonds is 5. The van der Waals surface area contributed by atoms with Crippen molar-refractivity contribution in [2.24, 2.45) is 5.41 Å². The zero-order valence-electron chi connectivity index (χ0n) is 10.3. The molecule has 1 aromatic rings. The number of carbonyl (C=O) groups excluding carboxylic acids is 1. The molecule has 1 N–H and O–H groups in total. The van der Waals surface area contributed by atoms with Gasteiger partial charge in [-0.25, -0.2) is 8.78 Å². The molecule has 1 saturated carbocycles. The van der Waals surface area contributed by atoms with Gasteiger partial charge in [-0.3, -0.25) is 4.79 Å². The monoisotopic (exact) mass is 255 g/mol. The van der Waals surface area contributed by atoms with Crippen molar-refractivity contribution in [1.29, 1.82) is 0 Å². The number of Topliss-reactive ketones (excluding diaryl/α,β-unsaturated/α-hetero) is 1. The van der Waals surface area contributed by atoms with Crippen LogP contribution in [0.5, 0.6) is 5.75 Å². The van der Waals surface area contributed by atoms with Crippen molar-refractivity contribution < 1.29 is 18.3 Å². The van der Waals surface area contributed by atoms with Gasteiger partial charge in [0.25, 0.3) is 0 Å². The normalized spacial score (nSPS) is 16.4. The maximum absolute atomic E-state index is 13.8. The minimum atomic E-state index is -0.736. The molecule has 0 bridgehead atoms. The lowest BCUT2D eigenvalue weighted by Gasteiger charge is -2.14. The lowest BCUT2D eigenvalue weighted by molar-refractivity contribution is 0.0895. The first-order valence-electron chi connectivity index (χ1n) is 5.76. The lowest BCUT2D eigenvalue weighted by Crippen LogP contribution is -2.28. The first kappa shape index (κ1) is 13.0. The molecule has 0 unspecified atom stereocenters. The average Bonchev–Trinajstić information content (AvgIpc) is 3.12. The largest absolute Gasteiger partial charge is 0.494 e. The van der Waals surface area contributed by atoms with Crippen LogP contribution in [0.4, 0.5) is 8.78 Å². The van der Waals surface area contributed by atoms with E-state index in [1.165, 1.54) is 7.11 Å². The maximum atomic E-state index is 13.8. The average molecular weight is 255 g/mol. The summed E-state index contributed by atoms with van der Waals surface area (Å²) in [6, 6.07) is 1.84. The van der Waals surface area contributed by atoms with Gasteiger partial charge in [0, 0.05) is 18.0 Å². The van der Waals surface area contributed by atoms with E-state index in [-0.39, 0.29) is 17.1 Å². The van der Waals surface area contributed by atoms with E-state index < -0.39 is 17.0 Å². The molecule has 1 aliphatic rings. The molecule has 0 heterocycles. The third-order valence-electron chi connectivity index (χ3n) is 3.34. The van der Waals surface area contributed by atoms with E-state index in [4.69, 9.17) is 0 Å². The predicted molar refractivity (Wildman–Crippen MR) is 62.8 cm³/mol. The smallest absolute Gasteiger partial charge is 0.173 e. The van der Waals surface area contributed by atoms with Crippen LogP contribution in [0, 0.1) is 17.0 Å². The van der Waals surface area contributed by atoms with Crippen molar-refractivity contribution in [2.75, 3.05) is 20.7 Å². The highest BCUT2D eigenvalue weighted by Crippen LogP contribution is 2.48. The molecular formula is C13H15F2NO2. The molecule has 2 rings (SSSR count). The molecule has 0 aromatic heterocycles. The highest BCUT2D eigenvalue weighted by molar-refractivity contribution is 6.02. The van der Waals surface area contributed by atoms with Crippen molar-refractivity contribution in [3.63, 3.8) is 0 Å². The van der Waals surface area contributed by atoms with Crippen molar-refractivity contribution in [2.45, 2.75) is 12.8 Å². The van der Waals surface area contributed by atoms with Crippen molar-refractivity contribution in [3.8, 4) is 5.75 Å². The first-order valence-corrected chi connectivity index (χ1v) is 5.76. The third kappa shape index (κ3) is 2.10. The molecule has 0 atom stereocenters. The molecule has 0 spiro atoms. The Morgan fingerprint density at radius 1 is 1.39 bits per heavy atom. The summed E-state index contributed by atoms with van der Waals surface area (Å²) in [6.07, 6.45) is 1.42. The summed E-state index contributed by atoms with van der Waals surface area (Å²) < 4.78 is 32.0. The second-order valence-electron chi connectivity index (χ2n) is 4.61. The Morgan fingerprint density at radius 3 is 2.56 bits per heavy atom. The number of hydrogen-bond acceptors (Lipinski definition) is 3. The first-order chi connectivity index (χ1) is 8.54. The van der Waals surface area contributed by atoms with Crippen LogP contribution in [0.3, 0.4) is 0 Å².